The molecular formula is C17H25NO4S. The summed E-state index contributed by atoms with van der Waals surface area (Å²) in [7, 11) is 1.61. The number of carbonyl (C=O) groups is 2. The Morgan fingerprint density at radius 2 is 2.17 bits per heavy atom. The first-order valence-electron chi connectivity index (χ1n) is 8.00. The van der Waals surface area contributed by atoms with Gasteiger partial charge in [-0.3, -0.25) is 9.59 Å². The van der Waals surface area contributed by atoms with E-state index in [1.165, 1.54) is 15.3 Å². The van der Waals surface area contributed by atoms with Gasteiger partial charge in [0.05, 0.1) is 12.5 Å². The molecule has 1 aromatic heterocycles. The molecule has 1 aliphatic heterocycles. The number of hydrogen-bond acceptors (Lipinski definition) is 4. The van der Waals surface area contributed by atoms with Crippen LogP contribution < -0.4 is 0 Å². The van der Waals surface area contributed by atoms with Crippen molar-refractivity contribution in [3.05, 3.63) is 21.4 Å². The van der Waals surface area contributed by atoms with Crippen molar-refractivity contribution in [2.45, 2.75) is 58.1 Å². The minimum Gasteiger partial charge on any atom is -0.481 e. The number of nitrogens with zero attached hydrogens (tertiary/aromatic N) is 1. The Kier molecular flexibility index (Phi) is 6.18. The number of methoxy groups -OCH3 is 1. The van der Waals surface area contributed by atoms with E-state index in [1.54, 1.807) is 23.3 Å². The Morgan fingerprint density at radius 3 is 2.74 bits per heavy atom. The Morgan fingerprint density at radius 1 is 1.43 bits per heavy atom. The molecule has 0 bridgehead atoms. The van der Waals surface area contributed by atoms with Gasteiger partial charge < -0.3 is 14.7 Å². The van der Waals surface area contributed by atoms with Crippen LogP contribution in [0.4, 0.5) is 0 Å². The second-order valence-corrected chi connectivity index (χ2v) is 7.64. The molecule has 2 atom stereocenters. The molecule has 1 saturated heterocycles. The van der Waals surface area contributed by atoms with E-state index in [2.05, 4.69) is 19.9 Å². The van der Waals surface area contributed by atoms with Crippen molar-refractivity contribution >= 4 is 23.2 Å². The summed E-state index contributed by atoms with van der Waals surface area (Å²) in [6.45, 7) is 4.71. The second kappa shape index (κ2) is 7.93. The highest BCUT2D eigenvalue weighted by molar-refractivity contribution is 7.12. The lowest BCUT2D eigenvalue weighted by atomic mass is 10.1. The first-order chi connectivity index (χ1) is 10.9. The third kappa shape index (κ3) is 4.78. The van der Waals surface area contributed by atoms with Crippen LogP contribution in [0, 0.1) is 13.8 Å². The van der Waals surface area contributed by atoms with Crippen molar-refractivity contribution in [3.8, 4) is 0 Å². The van der Waals surface area contributed by atoms with Crippen molar-refractivity contribution < 1.29 is 19.4 Å². The first-order valence-corrected chi connectivity index (χ1v) is 8.82. The van der Waals surface area contributed by atoms with Crippen molar-refractivity contribution in [2.75, 3.05) is 13.7 Å². The zero-order valence-corrected chi connectivity index (χ0v) is 14.8. The van der Waals surface area contributed by atoms with Crippen LogP contribution in [0.5, 0.6) is 0 Å². The molecule has 1 N–H and O–H groups in total. The number of ether oxygens (including phenoxy) is 1. The molecule has 0 spiro atoms. The van der Waals surface area contributed by atoms with E-state index in [9.17, 15) is 9.59 Å². The number of carboxylic acids is 1. The van der Waals surface area contributed by atoms with E-state index in [4.69, 9.17) is 9.84 Å². The average molecular weight is 339 g/mol. The lowest BCUT2D eigenvalue weighted by Crippen LogP contribution is -2.37. The van der Waals surface area contributed by atoms with Crippen LogP contribution >= 0.6 is 11.3 Å². The number of carboxylic acid groups (broad SMARTS) is 1. The highest BCUT2D eigenvalue weighted by Crippen LogP contribution is 2.25. The fraction of sp³-hybridized carbons (Fsp3) is 0.647. The number of carbonyl (C=O) groups excluding carboxylic acids is 1. The molecule has 1 fully saturated rings. The van der Waals surface area contributed by atoms with Gasteiger partial charge in [0.25, 0.3) is 0 Å². The molecule has 0 aromatic carbocycles. The van der Waals surface area contributed by atoms with Gasteiger partial charge in [-0.2, -0.15) is 0 Å². The van der Waals surface area contributed by atoms with Crippen molar-refractivity contribution in [3.63, 3.8) is 0 Å². The third-order valence-corrected chi connectivity index (χ3v) is 5.43. The molecule has 128 valence electrons. The van der Waals surface area contributed by atoms with E-state index in [-0.39, 0.29) is 24.5 Å². The van der Waals surface area contributed by atoms with E-state index < -0.39 is 5.97 Å². The van der Waals surface area contributed by atoms with Gasteiger partial charge in [-0.25, -0.2) is 0 Å². The molecule has 1 aliphatic rings. The van der Waals surface area contributed by atoms with Crippen LogP contribution in [-0.4, -0.2) is 47.7 Å². The predicted molar refractivity (Wildman–Crippen MR) is 89.9 cm³/mol. The molecule has 0 radical (unpaired) electrons. The van der Waals surface area contributed by atoms with E-state index >= 15 is 0 Å². The molecular weight excluding hydrogens is 314 g/mol. The Hall–Kier alpha value is -1.40. The monoisotopic (exact) mass is 339 g/mol. The molecule has 1 amide bonds. The lowest BCUT2D eigenvalue weighted by molar-refractivity contribution is -0.139. The number of aryl methyl sites for hydroxylation is 3. The largest absolute Gasteiger partial charge is 0.481 e. The highest BCUT2D eigenvalue weighted by Gasteiger charge is 2.36. The molecule has 2 heterocycles. The van der Waals surface area contributed by atoms with Gasteiger partial charge in [-0.05, 0) is 44.7 Å². The number of aliphatic carboxylic acids is 1. The zero-order valence-electron chi connectivity index (χ0n) is 14.0. The maximum atomic E-state index is 12.5. The molecule has 23 heavy (non-hydrogen) atoms. The Balaban J connectivity index is 1.88. The molecule has 2 rings (SSSR count). The molecule has 1 aromatic rings. The fourth-order valence-corrected chi connectivity index (χ4v) is 4.23. The van der Waals surface area contributed by atoms with Gasteiger partial charge in [0.1, 0.15) is 0 Å². The van der Waals surface area contributed by atoms with E-state index in [0.717, 1.165) is 12.8 Å². The van der Waals surface area contributed by atoms with Gasteiger partial charge >= 0.3 is 5.97 Å². The SMILES string of the molecule is COC1CC(CC(=O)O)N(C(=O)CCCc2cc(C)sc2C)C1. The average Bonchev–Trinajstić information content (AvgIpc) is 3.01. The number of amides is 1. The smallest absolute Gasteiger partial charge is 0.305 e. The fourth-order valence-electron chi connectivity index (χ4n) is 3.25. The minimum absolute atomic E-state index is 0.00552. The van der Waals surface area contributed by atoms with Gasteiger partial charge in [0, 0.05) is 35.9 Å². The van der Waals surface area contributed by atoms with Gasteiger partial charge in [-0.15, -0.1) is 11.3 Å². The number of rotatable bonds is 7. The van der Waals surface area contributed by atoms with Gasteiger partial charge in [0.2, 0.25) is 5.91 Å². The highest BCUT2D eigenvalue weighted by atomic mass is 32.1. The summed E-state index contributed by atoms with van der Waals surface area (Å²) >= 11 is 1.79. The first kappa shape index (κ1) is 17.9. The summed E-state index contributed by atoms with van der Waals surface area (Å²) in [5.74, 6) is -0.825. The zero-order chi connectivity index (χ0) is 17.0. The van der Waals surface area contributed by atoms with Crippen molar-refractivity contribution in [2.24, 2.45) is 0 Å². The van der Waals surface area contributed by atoms with Crippen LogP contribution in [0.1, 0.15) is 41.0 Å². The summed E-state index contributed by atoms with van der Waals surface area (Å²) in [5.41, 5.74) is 1.32. The second-order valence-electron chi connectivity index (χ2n) is 6.18. The maximum Gasteiger partial charge on any atom is 0.305 e. The topological polar surface area (TPSA) is 66.8 Å². The Labute approximate surface area is 141 Å². The Bertz CT molecular complexity index is 569. The quantitative estimate of drug-likeness (QED) is 0.829. The maximum absolute atomic E-state index is 12.5. The lowest BCUT2D eigenvalue weighted by Gasteiger charge is -2.23. The summed E-state index contributed by atoms with van der Waals surface area (Å²) in [6, 6.07) is 1.95. The molecule has 0 saturated carbocycles. The summed E-state index contributed by atoms with van der Waals surface area (Å²) < 4.78 is 5.31. The van der Waals surface area contributed by atoms with Crippen LogP contribution in [0.15, 0.2) is 6.07 Å². The van der Waals surface area contributed by atoms with Gasteiger partial charge in [0.15, 0.2) is 0 Å². The van der Waals surface area contributed by atoms with Crippen LogP contribution in [0.2, 0.25) is 0 Å². The van der Waals surface area contributed by atoms with Crippen LogP contribution in [0.3, 0.4) is 0 Å². The van der Waals surface area contributed by atoms with Gasteiger partial charge in [-0.1, -0.05) is 0 Å². The van der Waals surface area contributed by atoms with Crippen LogP contribution in [-0.2, 0) is 20.7 Å². The normalized spacial score (nSPS) is 20.9. The standard InChI is InChI=1S/C17H25NO4S/c1-11-7-13(12(2)23-11)5-4-6-16(19)18-10-15(22-3)8-14(18)9-17(20)21/h7,14-15H,4-6,8-10H2,1-3H3,(H,20,21). The number of hydrogen-bond donors (Lipinski definition) is 1. The van der Waals surface area contributed by atoms with Crippen molar-refractivity contribution in [1.82, 2.24) is 4.90 Å². The molecule has 5 nitrogen and oxygen atoms in total. The molecule has 6 heteroatoms. The van der Waals surface area contributed by atoms with Crippen LogP contribution in [0.25, 0.3) is 0 Å². The summed E-state index contributed by atoms with van der Waals surface area (Å²) in [6.07, 6.45) is 2.70. The summed E-state index contributed by atoms with van der Waals surface area (Å²) in [4.78, 5) is 27.8. The summed E-state index contributed by atoms with van der Waals surface area (Å²) in [5, 5.41) is 9.01. The molecule has 2 unspecified atom stereocenters. The number of thiophene rings is 1. The molecule has 0 aliphatic carbocycles. The third-order valence-electron chi connectivity index (χ3n) is 4.42. The van der Waals surface area contributed by atoms with E-state index in [0.29, 0.717) is 19.4 Å². The predicted octanol–water partition coefficient (Wildman–Crippen LogP) is 2.78. The minimum atomic E-state index is -0.867. The van der Waals surface area contributed by atoms with E-state index in [1.807, 2.05) is 0 Å². The number of likely N-dealkylation sites (tertiary alicyclic amines) is 1. The van der Waals surface area contributed by atoms with Crippen molar-refractivity contribution in [1.29, 1.82) is 0 Å².